The van der Waals surface area contributed by atoms with Crippen molar-refractivity contribution in [2.75, 3.05) is 13.1 Å². The van der Waals surface area contributed by atoms with Crippen LogP contribution in [0, 0.1) is 6.92 Å². The lowest BCUT2D eigenvalue weighted by molar-refractivity contribution is 0.0924. The minimum Gasteiger partial charge on any atom is -0.456 e. The van der Waals surface area contributed by atoms with Crippen molar-refractivity contribution in [1.82, 2.24) is 15.8 Å². The number of carbonyl (C=O) groups is 2. The Morgan fingerprint density at radius 2 is 1.73 bits per heavy atom. The molecule has 0 aliphatic carbocycles. The van der Waals surface area contributed by atoms with Gasteiger partial charge in [0.25, 0.3) is 11.8 Å². The van der Waals surface area contributed by atoms with Gasteiger partial charge in [0.05, 0.1) is 0 Å². The van der Waals surface area contributed by atoms with E-state index in [4.69, 9.17) is 8.94 Å². The summed E-state index contributed by atoms with van der Waals surface area (Å²) in [6.45, 7) is 2.61. The summed E-state index contributed by atoms with van der Waals surface area (Å²) in [6, 6.07) is 14.4. The van der Waals surface area contributed by atoms with Crippen molar-refractivity contribution >= 4 is 11.8 Å². The van der Waals surface area contributed by atoms with Gasteiger partial charge < -0.3 is 19.6 Å². The molecule has 3 rings (SSSR count). The summed E-state index contributed by atoms with van der Waals surface area (Å²) >= 11 is 0. The van der Waals surface area contributed by atoms with Crippen LogP contribution in [0.2, 0.25) is 0 Å². The van der Waals surface area contributed by atoms with Crippen LogP contribution in [-0.2, 0) is 0 Å². The van der Waals surface area contributed by atoms with Crippen molar-refractivity contribution in [3.8, 4) is 11.3 Å². The Morgan fingerprint density at radius 3 is 2.42 bits per heavy atom. The maximum atomic E-state index is 12.1. The summed E-state index contributed by atoms with van der Waals surface area (Å²) in [5.74, 6) is 0.918. The third kappa shape index (κ3) is 4.38. The first-order valence-corrected chi connectivity index (χ1v) is 8.28. The van der Waals surface area contributed by atoms with E-state index in [1.807, 2.05) is 30.3 Å². The molecule has 7 nitrogen and oxygen atoms in total. The molecule has 7 heteroatoms. The Kier molecular flexibility index (Phi) is 5.48. The average Bonchev–Trinajstić information content (AvgIpc) is 3.31. The van der Waals surface area contributed by atoms with Crippen LogP contribution in [0.5, 0.6) is 0 Å². The number of aryl methyl sites for hydroxylation is 1. The molecule has 2 N–H and O–H groups in total. The van der Waals surface area contributed by atoms with E-state index in [0.717, 1.165) is 5.56 Å². The fourth-order valence-corrected chi connectivity index (χ4v) is 2.35. The lowest BCUT2D eigenvalue weighted by Gasteiger charge is -2.04. The molecule has 2 amide bonds. The van der Waals surface area contributed by atoms with Crippen molar-refractivity contribution in [2.24, 2.45) is 0 Å². The van der Waals surface area contributed by atoms with Crippen molar-refractivity contribution in [1.29, 1.82) is 0 Å². The molecule has 0 atom stereocenters. The molecule has 0 saturated carbocycles. The number of aromatic nitrogens is 1. The van der Waals surface area contributed by atoms with E-state index in [-0.39, 0.29) is 23.3 Å². The highest BCUT2D eigenvalue weighted by Crippen LogP contribution is 2.19. The van der Waals surface area contributed by atoms with E-state index in [1.165, 1.54) is 0 Å². The zero-order valence-electron chi connectivity index (χ0n) is 14.3. The van der Waals surface area contributed by atoms with Crippen molar-refractivity contribution in [2.45, 2.75) is 13.3 Å². The third-order valence-corrected chi connectivity index (χ3v) is 3.69. The number of hydrogen-bond donors (Lipinski definition) is 2. The van der Waals surface area contributed by atoms with Crippen LogP contribution < -0.4 is 10.6 Å². The summed E-state index contributed by atoms with van der Waals surface area (Å²) in [5, 5.41) is 9.27. The minimum atomic E-state index is -0.316. The fraction of sp³-hybridized carbons (Fsp3) is 0.211. The smallest absolute Gasteiger partial charge is 0.286 e. The lowest BCUT2D eigenvalue weighted by Crippen LogP contribution is -2.29. The van der Waals surface area contributed by atoms with E-state index >= 15 is 0 Å². The number of benzene rings is 1. The Morgan fingerprint density at radius 1 is 1.00 bits per heavy atom. The van der Waals surface area contributed by atoms with Crippen molar-refractivity contribution in [3.05, 3.63) is 65.7 Å². The number of carbonyl (C=O) groups excluding carboxylic acids is 2. The molecule has 0 aliphatic rings. The number of nitrogens with zero attached hydrogens (tertiary/aromatic N) is 1. The fourth-order valence-electron chi connectivity index (χ4n) is 2.35. The maximum Gasteiger partial charge on any atom is 0.286 e. The van der Waals surface area contributed by atoms with Gasteiger partial charge in [0.2, 0.25) is 0 Å². The quantitative estimate of drug-likeness (QED) is 0.637. The van der Waals surface area contributed by atoms with Gasteiger partial charge in [-0.25, -0.2) is 0 Å². The molecule has 2 heterocycles. The first-order valence-electron chi connectivity index (χ1n) is 8.28. The number of amides is 2. The van der Waals surface area contributed by atoms with Gasteiger partial charge in [0.1, 0.15) is 5.76 Å². The number of rotatable bonds is 7. The second-order valence-electron chi connectivity index (χ2n) is 5.72. The topological polar surface area (TPSA) is 97.4 Å². The third-order valence-electron chi connectivity index (χ3n) is 3.69. The van der Waals surface area contributed by atoms with Gasteiger partial charge in [-0.3, -0.25) is 9.59 Å². The van der Waals surface area contributed by atoms with E-state index < -0.39 is 0 Å². The molecule has 0 radical (unpaired) electrons. The predicted molar refractivity (Wildman–Crippen MR) is 94.7 cm³/mol. The minimum absolute atomic E-state index is 0.221. The van der Waals surface area contributed by atoms with E-state index in [9.17, 15) is 9.59 Å². The first kappa shape index (κ1) is 17.5. The molecule has 3 aromatic rings. The highest BCUT2D eigenvalue weighted by molar-refractivity contribution is 5.93. The van der Waals surface area contributed by atoms with Gasteiger partial charge in [0.15, 0.2) is 17.2 Å². The van der Waals surface area contributed by atoms with Gasteiger partial charge in [-0.05, 0) is 25.5 Å². The molecule has 0 saturated heterocycles. The van der Waals surface area contributed by atoms with Crippen LogP contribution in [0.25, 0.3) is 11.3 Å². The van der Waals surface area contributed by atoms with Gasteiger partial charge >= 0.3 is 0 Å². The maximum absolute atomic E-state index is 12.1. The Bertz CT molecular complexity index is 883. The van der Waals surface area contributed by atoms with Crippen LogP contribution in [-0.4, -0.2) is 30.1 Å². The summed E-state index contributed by atoms with van der Waals surface area (Å²) in [7, 11) is 0. The molecule has 134 valence electrons. The molecule has 26 heavy (non-hydrogen) atoms. The van der Waals surface area contributed by atoms with Crippen LogP contribution in [0.15, 0.2) is 57.5 Å². The number of furan rings is 1. The van der Waals surface area contributed by atoms with E-state index in [1.54, 1.807) is 25.1 Å². The molecule has 0 bridgehead atoms. The number of hydrogen-bond acceptors (Lipinski definition) is 5. The Balaban J connectivity index is 1.40. The summed E-state index contributed by atoms with van der Waals surface area (Å²) in [5.41, 5.74) is 1.08. The highest BCUT2D eigenvalue weighted by atomic mass is 16.5. The molecule has 0 unspecified atom stereocenters. The largest absolute Gasteiger partial charge is 0.456 e. The monoisotopic (exact) mass is 353 g/mol. The van der Waals surface area contributed by atoms with Gasteiger partial charge in [0, 0.05) is 24.7 Å². The zero-order valence-corrected chi connectivity index (χ0v) is 14.3. The molecule has 0 aliphatic heterocycles. The zero-order chi connectivity index (χ0) is 18.4. The van der Waals surface area contributed by atoms with Gasteiger partial charge in [-0.15, -0.1) is 0 Å². The van der Waals surface area contributed by atoms with Crippen molar-refractivity contribution in [3.63, 3.8) is 0 Å². The van der Waals surface area contributed by atoms with Crippen molar-refractivity contribution < 1.29 is 18.5 Å². The van der Waals surface area contributed by atoms with Crippen LogP contribution in [0.4, 0.5) is 0 Å². The summed E-state index contributed by atoms with van der Waals surface area (Å²) in [6.07, 6.45) is 0.584. The second kappa shape index (κ2) is 8.15. The Labute approximate surface area is 150 Å². The van der Waals surface area contributed by atoms with E-state index in [0.29, 0.717) is 31.0 Å². The highest BCUT2D eigenvalue weighted by Gasteiger charge is 2.13. The summed E-state index contributed by atoms with van der Waals surface area (Å²) < 4.78 is 10.4. The lowest BCUT2D eigenvalue weighted by atomic mass is 10.1. The molecular weight excluding hydrogens is 334 g/mol. The molecular formula is C19H19N3O4. The SMILES string of the molecule is Cc1ccc(C(=O)NCCCNC(=O)c2cc(-c3ccccc3)on2)o1. The first-order chi connectivity index (χ1) is 12.6. The van der Waals surface area contributed by atoms with Crippen LogP contribution >= 0.6 is 0 Å². The molecule has 0 fully saturated rings. The average molecular weight is 353 g/mol. The Hall–Kier alpha value is -3.35. The normalized spacial score (nSPS) is 10.5. The molecule has 1 aromatic carbocycles. The van der Waals surface area contributed by atoms with Crippen LogP contribution in [0.1, 0.15) is 33.2 Å². The second-order valence-corrected chi connectivity index (χ2v) is 5.72. The predicted octanol–water partition coefficient (Wildman–Crippen LogP) is 2.79. The molecule has 2 aromatic heterocycles. The van der Waals surface area contributed by atoms with Gasteiger partial charge in [-0.2, -0.15) is 0 Å². The number of nitrogens with one attached hydrogen (secondary N) is 2. The molecule has 0 spiro atoms. The summed E-state index contributed by atoms with van der Waals surface area (Å²) in [4.78, 5) is 23.9. The van der Waals surface area contributed by atoms with Gasteiger partial charge in [-0.1, -0.05) is 35.5 Å². The van der Waals surface area contributed by atoms with Crippen LogP contribution in [0.3, 0.4) is 0 Å². The van der Waals surface area contributed by atoms with E-state index in [2.05, 4.69) is 15.8 Å². The standard InChI is InChI=1S/C19H19N3O4/c1-13-8-9-16(25-13)19(24)21-11-5-10-20-18(23)15-12-17(26-22-15)14-6-3-2-4-7-14/h2-4,6-9,12H,5,10-11H2,1H3,(H,20,23)(H,21,24).